The summed E-state index contributed by atoms with van der Waals surface area (Å²) >= 11 is 0. The van der Waals surface area contributed by atoms with Gasteiger partial charge in [0.2, 0.25) is 5.91 Å². The van der Waals surface area contributed by atoms with Crippen molar-refractivity contribution in [3.8, 4) is 5.75 Å². The summed E-state index contributed by atoms with van der Waals surface area (Å²) in [5.74, 6) is 0.704. The standard InChI is InChI=1S/C22H27NO2/c1-5-6-7-18-8-10-19(11-9-18)23-22(24)13-12-21-16(2)14-20(25-4)15-17(21)3/h8-15H,5-7H2,1-4H3,(H,23,24)/b13-12+. The Kier molecular flexibility index (Phi) is 6.81. The van der Waals surface area contributed by atoms with Crippen LogP contribution in [0.2, 0.25) is 0 Å². The number of carbonyl (C=O) groups excluding carboxylic acids is 1. The fraction of sp³-hybridized carbons (Fsp3) is 0.318. The molecule has 0 fully saturated rings. The largest absolute Gasteiger partial charge is 0.497 e. The van der Waals surface area contributed by atoms with Crippen LogP contribution in [-0.2, 0) is 11.2 Å². The maximum Gasteiger partial charge on any atom is 0.248 e. The van der Waals surface area contributed by atoms with Crippen molar-refractivity contribution in [2.75, 3.05) is 12.4 Å². The molecular weight excluding hydrogens is 310 g/mol. The molecule has 1 amide bonds. The highest BCUT2D eigenvalue weighted by molar-refractivity contribution is 6.02. The van der Waals surface area contributed by atoms with Crippen LogP contribution in [0.4, 0.5) is 5.69 Å². The van der Waals surface area contributed by atoms with Gasteiger partial charge in [0.25, 0.3) is 0 Å². The van der Waals surface area contributed by atoms with Gasteiger partial charge in [0.1, 0.15) is 5.75 Å². The number of anilines is 1. The third-order valence-electron chi connectivity index (χ3n) is 4.24. The number of hydrogen-bond acceptors (Lipinski definition) is 2. The number of carbonyl (C=O) groups is 1. The molecule has 0 unspecified atom stereocenters. The fourth-order valence-corrected chi connectivity index (χ4v) is 2.79. The lowest BCUT2D eigenvalue weighted by Crippen LogP contribution is -2.07. The van der Waals surface area contributed by atoms with Crippen molar-refractivity contribution in [2.45, 2.75) is 40.0 Å². The van der Waals surface area contributed by atoms with Crippen LogP contribution < -0.4 is 10.1 Å². The Morgan fingerprint density at radius 2 is 1.76 bits per heavy atom. The van der Waals surface area contributed by atoms with Gasteiger partial charge in [0, 0.05) is 11.8 Å². The Labute approximate surface area is 150 Å². The Morgan fingerprint density at radius 1 is 1.12 bits per heavy atom. The van der Waals surface area contributed by atoms with Crippen molar-refractivity contribution in [2.24, 2.45) is 0 Å². The van der Waals surface area contributed by atoms with Gasteiger partial charge in [-0.25, -0.2) is 0 Å². The SMILES string of the molecule is CCCCc1ccc(NC(=O)/C=C/c2c(C)cc(OC)cc2C)cc1. The minimum atomic E-state index is -0.129. The van der Waals surface area contributed by atoms with E-state index in [1.807, 2.05) is 44.2 Å². The molecule has 25 heavy (non-hydrogen) atoms. The van der Waals surface area contributed by atoms with Crippen LogP contribution >= 0.6 is 0 Å². The van der Waals surface area contributed by atoms with Crippen molar-refractivity contribution >= 4 is 17.7 Å². The number of unbranched alkanes of at least 4 members (excludes halogenated alkanes) is 1. The van der Waals surface area contributed by atoms with E-state index in [0.717, 1.165) is 34.5 Å². The van der Waals surface area contributed by atoms with Gasteiger partial charge in [0.15, 0.2) is 0 Å². The molecule has 3 heteroatoms. The monoisotopic (exact) mass is 337 g/mol. The second kappa shape index (κ2) is 9.07. The summed E-state index contributed by atoms with van der Waals surface area (Å²) in [6.45, 7) is 6.22. The maximum absolute atomic E-state index is 12.2. The van der Waals surface area contributed by atoms with Crippen LogP contribution in [0.15, 0.2) is 42.5 Å². The number of rotatable bonds is 7. The second-order valence-electron chi connectivity index (χ2n) is 6.30. The highest BCUT2D eigenvalue weighted by Gasteiger charge is 2.04. The lowest BCUT2D eigenvalue weighted by atomic mass is 10.0. The van der Waals surface area contributed by atoms with E-state index in [-0.39, 0.29) is 5.91 Å². The van der Waals surface area contributed by atoms with Crippen molar-refractivity contribution < 1.29 is 9.53 Å². The van der Waals surface area contributed by atoms with Crippen molar-refractivity contribution in [1.82, 2.24) is 0 Å². The molecule has 132 valence electrons. The molecule has 0 aliphatic carbocycles. The molecule has 0 aliphatic heterocycles. The molecule has 2 rings (SSSR count). The van der Waals surface area contributed by atoms with E-state index in [2.05, 4.69) is 24.4 Å². The minimum absolute atomic E-state index is 0.129. The predicted octanol–water partition coefficient (Wildman–Crippen LogP) is 5.31. The normalized spacial score (nSPS) is 10.9. The summed E-state index contributed by atoms with van der Waals surface area (Å²) in [4.78, 5) is 12.2. The number of aryl methyl sites for hydroxylation is 3. The van der Waals surface area contributed by atoms with Crippen LogP contribution in [-0.4, -0.2) is 13.0 Å². The summed E-state index contributed by atoms with van der Waals surface area (Å²) in [5, 5.41) is 2.91. The maximum atomic E-state index is 12.2. The number of amides is 1. The van der Waals surface area contributed by atoms with E-state index in [1.165, 1.54) is 18.4 Å². The van der Waals surface area contributed by atoms with Gasteiger partial charge < -0.3 is 10.1 Å². The van der Waals surface area contributed by atoms with Gasteiger partial charge >= 0.3 is 0 Å². The fourth-order valence-electron chi connectivity index (χ4n) is 2.79. The van der Waals surface area contributed by atoms with Gasteiger partial charge in [0.05, 0.1) is 7.11 Å². The van der Waals surface area contributed by atoms with Crippen molar-refractivity contribution in [3.63, 3.8) is 0 Å². The average Bonchev–Trinajstić information content (AvgIpc) is 2.60. The third kappa shape index (κ3) is 5.49. The number of ether oxygens (including phenoxy) is 1. The quantitative estimate of drug-likeness (QED) is 0.696. The highest BCUT2D eigenvalue weighted by atomic mass is 16.5. The first-order valence-corrected chi connectivity index (χ1v) is 8.76. The van der Waals surface area contributed by atoms with E-state index in [4.69, 9.17) is 4.74 Å². The number of methoxy groups -OCH3 is 1. The molecule has 0 aromatic heterocycles. The van der Waals surface area contributed by atoms with Gasteiger partial charge in [-0.15, -0.1) is 0 Å². The molecule has 0 atom stereocenters. The van der Waals surface area contributed by atoms with E-state index in [0.29, 0.717) is 0 Å². The average molecular weight is 337 g/mol. The Hall–Kier alpha value is -2.55. The molecule has 0 radical (unpaired) electrons. The molecule has 2 aromatic rings. The minimum Gasteiger partial charge on any atom is -0.497 e. The first-order chi connectivity index (χ1) is 12.0. The molecule has 0 bridgehead atoms. The topological polar surface area (TPSA) is 38.3 Å². The molecule has 0 spiro atoms. The Bertz CT molecular complexity index is 722. The number of hydrogen-bond donors (Lipinski definition) is 1. The zero-order valence-corrected chi connectivity index (χ0v) is 15.6. The third-order valence-corrected chi connectivity index (χ3v) is 4.24. The highest BCUT2D eigenvalue weighted by Crippen LogP contribution is 2.22. The Balaban J connectivity index is 2.01. The first-order valence-electron chi connectivity index (χ1n) is 8.76. The summed E-state index contributed by atoms with van der Waals surface area (Å²) in [6.07, 6.45) is 6.89. The van der Waals surface area contributed by atoms with E-state index >= 15 is 0 Å². The van der Waals surface area contributed by atoms with Crippen LogP contribution in [0.25, 0.3) is 6.08 Å². The molecule has 0 heterocycles. The molecule has 0 saturated carbocycles. The van der Waals surface area contributed by atoms with Crippen LogP contribution in [0.1, 0.15) is 42.0 Å². The van der Waals surface area contributed by atoms with Gasteiger partial charge in [-0.2, -0.15) is 0 Å². The zero-order valence-electron chi connectivity index (χ0n) is 15.6. The molecular formula is C22H27NO2. The molecule has 0 saturated heterocycles. The molecule has 1 N–H and O–H groups in total. The van der Waals surface area contributed by atoms with Gasteiger partial charge in [-0.3, -0.25) is 4.79 Å². The van der Waals surface area contributed by atoms with Crippen LogP contribution in [0.3, 0.4) is 0 Å². The number of nitrogens with one attached hydrogen (secondary N) is 1. The number of benzene rings is 2. The van der Waals surface area contributed by atoms with Crippen LogP contribution in [0.5, 0.6) is 5.75 Å². The van der Waals surface area contributed by atoms with E-state index in [1.54, 1.807) is 13.2 Å². The van der Waals surface area contributed by atoms with E-state index < -0.39 is 0 Å². The van der Waals surface area contributed by atoms with E-state index in [9.17, 15) is 4.79 Å². The molecule has 0 aliphatic rings. The smallest absolute Gasteiger partial charge is 0.248 e. The molecule has 2 aromatic carbocycles. The van der Waals surface area contributed by atoms with Gasteiger partial charge in [-0.05, 0) is 79.3 Å². The lowest BCUT2D eigenvalue weighted by Gasteiger charge is -2.09. The van der Waals surface area contributed by atoms with Gasteiger partial charge in [-0.1, -0.05) is 25.5 Å². The Morgan fingerprint density at radius 3 is 2.32 bits per heavy atom. The van der Waals surface area contributed by atoms with Crippen molar-refractivity contribution in [3.05, 3.63) is 64.7 Å². The summed E-state index contributed by atoms with van der Waals surface area (Å²) in [6, 6.07) is 12.0. The zero-order chi connectivity index (χ0) is 18.2. The van der Waals surface area contributed by atoms with Crippen molar-refractivity contribution in [1.29, 1.82) is 0 Å². The summed E-state index contributed by atoms with van der Waals surface area (Å²) < 4.78 is 5.27. The predicted molar refractivity (Wildman–Crippen MR) is 105 cm³/mol. The van der Waals surface area contributed by atoms with Crippen LogP contribution in [0, 0.1) is 13.8 Å². The lowest BCUT2D eigenvalue weighted by molar-refractivity contribution is -0.111. The summed E-state index contributed by atoms with van der Waals surface area (Å²) in [5.41, 5.74) is 5.34. The summed E-state index contributed by atoms with van der Waals surface area (Å²) in [7, 11) is 1.66. The second-order valence-corrected chi connectivity index (χ2v) is 6.30. The first kappa shape index (κ1) is 18.8. The molecule has 3 nitrogen and oxygen atoms in total.